The van der Waals surface area contributed by atoms with E-state index in [1.807, 2.05) is 0 Å². The van der Waals surface area contributed by atoms with Crippen molar-refractivity contribution in [1.82, 2.24) is 0 Å². The fourth-order valence-electron chi connectivity index (χ4n) is 3.70. The first-order chi connectivity index (χ1) is 11.8. The molecule has 0 amide bonds. The molecule has 0 radical (unpaired) electrons. The van der Waals surface area contributed by atoms with Crippen molar-refractivity contribution in [3.05, 3.63) is 60.2 Å². The van der Waals surface area contributed by atoms with Gasteiger partial charge in [0.1, 0.15) is 0 Å². The van der Waals surface area contributed by atoms with Crippen molar-refractivity contribution in [3.8, 4) is 0 Å². The van der Waals surface area contributed by atoms with Crippen LogP contribution in [-0.4, -0.2) is 13.1 Å². The monoisotopic (exact) mass is 316 g/mol. The van der Waals surface area contributed by atoms with E-state index in [0.29, 0.717) is 6.42 Å². The van der Waals surface area contributed by atoms with Gasteiger partial charge in [0.05, 0.1) is 7.11 Å². The highest BCUT2D eigenvalue weighted by Gasteiger charge is 2.10. The van der Waals surface area contributed by atoms with Crippen molar-refractivity contribution in [3.63, 3.8) is 0 Å². The molecule has 120 valence electrons. The third kappa shape index (κ3) is 2.48. The van der Waals surface area contributed by atoms with Gasteiger partial charge in [0, 0.05) is 6.42 Å². The van der Waals surface area contributed by atoms with Gasteiger partial charge in [-0.1, -0.05) is 54.6 Å². The molecule has 4 aromatic carbocycles. The van der Waals surface area contributed by atoms with E-state index in [-0.39, 0.29) is 5.97 Å². The Hall–Kier alpha value is -2.61. The summed E-state index contributed by atoms with van der Waals surface area (Å²) in [7, 11) is 1.45. The number of esters is 1. The van der Waals surface area contributed by atoms with Crippen molar-refractivity contribution in [1.29, 1.82) is 0 Å². The highest BCUT2D eigenvalue weighted by atomic mass is 16.5. The summed E-state index contributed by atoms with van der Waals surface area (Å²) in [4.78, 5) is 11.2. The maximum atomic E-state index is 11.2. The summed E-state index contributed by atoms with van der Waals surface area (Å²) in [6.45, 7) is 0. The molecule has 2 nitrogen and oxygen atoms in total. The molecule has 0 atom stereocenters. The summed E-state index contributed by atoms with van der Waals surface area (Å²) in [6, 6.07) is 19.8. The number of carbonyl (C=O) groups is 1. The highest BCUT2D eigenvalue weighted by molar-refractivity contribution is 6.23. The lowest BCUT2D eigenvalue weighted by molar-refractivity contribution is -0.140. The van der Waals surface area contributed by atoms with Gasteiger partial charge in [-0.15, -0.1) is 0 Å². The fraction of sp³-hybridized carbons (Fsp3) is 0.227. The van der Waals surface area contributed by atoms with E-state index >= 15 is 0 Å². The lowest BCUT2D eigenvalue weighted by Gasteiger charge is -2.13. The van der Waals surface area contributed by atoms with E-state index in [2.05, 4.69) is 54.6 Å². The van der Waals surface area contributed by atoms with Crippen LogP contribution >= 0.6 is 0 Å². The summed E-state index contributed by atoms with van der Waals surface area (Å²) in [5.74, 6) is -0.120. The number of hydrogen-bond donors (Lipinski definition) is 0. The van der Waals surface area contributed by atoms with Crippen LogP contribution in [0, 0.1) is 0 Å². The van der Waals surface area contributed by atoms with Crippen molar-refractivity contribution < 1.29 is 9.53 Å². The topological polar surface area (TPSA) is 26.3 Å². The quantitative estimate of drug-likeness (QED) is 0.277. The van der Waals surface area contributed by atoms with E-state index in [4.69, 9.17) is 4.74 Å². The Balaban J connectivity index is 1.73. The molecule has 0 spiro atoms. The average molecular weight is 316 g/mol. The summed E-state index contributed by atoms with van der Waals surface area (Å²) in [5.41, 5.74) is 1.37. The zero-order valence-electron chi connectivity index (χ0n) is 13.8. The van der Waals surface area contributed by atoms with Crippen LogP contribution in [-0.2, 0) is 16.0 Å². The Bertz CT molecular complexity index is 1000. The van der Waals surface area contributed by atoms with Gasteiger partial charge in [0.2, 0.25) is 0 Å². The van der Waals surface area contributed by atoms with E-state index in [9.17, 15) is 4.79 Å². The summed E-state index contributed by atoms with van der Waals surface area (Å²) >= 11 is 0. The second-order valence-electron chi connectivity index (χ2n) is 6.36. The second kappa shape index (κ2) is 6.12. The highest BCUT2D eigenvalue weighted by Crippen LogP contribution is 2.36. The molecular formula is C22H20O2. The van der Waals surface area contributed by atoms with E-state index in [1.165, 1.54) is 45.0 Å². The summed E-state index contributed by atoms with van der Waals surface area (Å²) in [5, 5.41) is 7.98. The summed E-state index contributed by atoms with van der Waals surface area (Å²) in [6.07, 6.45) is 3.36. The Morgan fingerprint density at radius 3 is 2.25 bits per heavy atom. The maximum Gasteiger partial charge on any atom is 0.305 e. The first-order valence-electron chi connectivity index (χ1n) is 8.50. The second-order valence-corrected chi connectivity index (χ2v) is 6.36. The maximum absolute atomic E-state index is 11.2. The van der Waals surface area contributed by atoms with Crippen molar-refractivity contribution in [2.24, 2.45) is 0 Å². The molecule has 0 aliphatic rings. The number of carbonyl (C=O) groups excluding carboxylic acids is 1. The smallest absolute Gasteiger partial charge is 0.305 e. The van der Waals surface area contributed by atoms with Crippen LogP contribution in [0.5, 0.6) is 0 Å². The number of aryl methyl sites for hydroxylation is 1. The molecule has 0 aliphatic heterocycles. The van der Waals surface area contributed by atoms with Gasteiger partial charge in [-0.05, 0) is 57.1 Å². The van der Waals surface area contributed by atoms with Gasteiger partial charge in [-0.2, -0.15) is 0 Å². The lowest BCUT2D eigenvalue weighted by atomic mass is 9.90. The normalized spacial score (nSPS) is 11.5. The van der Waals surface area contributed by atoms with Crippen LogP contribution in [0.15, 0.2) is 54.6 Å². The molecule has 0 aliphatic carbocycles. The SMILES string of the molecule is COC(=O)CCCCc1ccc2ccc3cccc4ccc1c2c34. The third-order valence-electron chi connectivity index (χ3n) is 4.92. The number of ether oxygens (including phenoxy) is 1. The van der Waals surface area contributed by atoms with Gasteiger partial charge >= 0.3 is 5.97 Å². The zero-order chi connectivity index (χ0) is 16.5. The molecule has 24 heavy (non-hydrogen) atoms. The van der Waals surface area contributed by atoms with Crippen molar-refractivity contribution in [2.45, 2.75) is 25.7 Å². The predicted molar refractivity (Wildman–Crippen MR) is 99.7 cm³/mol. The molecule has 4 rings (SSSR count). The third-order valence-corrected chi connectivity index (χ3v) is 4.92. The standard InChI is InChI=1S/C22H20O2/c1-24-20(23)8-3-2-5-15-9-10-18-12-11-16-6-4-7-17-13-14-19(15)22(18)21(16)17/h4,6-7,9-14H,2-3,5,8H2,1H3. The number of rotatable bonds is 5. The molecule has 0 saturated heterocycles. The molecule has 0 unspecified atom stereocenters. The van der Waals surface area contributed by atoms with Crippen LogP contribution in [0.25, 0.3) is 32.3 Å². The van der Waals surface area contributed by atoms with Crippen LogP contribution in [0.1, 0.15) is 24.8 Å². The van der Waals surface area contributed by atoms with E-state index < -0.39 is 0 Å². The Morgan fingerprint density at radius 2 is 1.50 bits per heavy atom. The van der Waals surface area contributed by atoms with Crippen LogP contribution < -0.4 is 0 Å². The Morgan fingerprint density at radius 1 is 0.833 bits per heavy atom. The molecule has 4 aromatic rings. The molecule has 0 bridgehead atoms. The number of hydrogen-bond acceptors (Lipinski definition) is 2. The van der Waals surface area contributed by atoms with Gasteiger partial charge < -0.3 is 4.74 Å². The molecule has 0 aromatic heterocycles. The van der Waals surface area contributed by atoms with Gasteiger partial charge in [0.25, 0.3) is 0 Å². The number of unbranched alkanes of at least 4 members (excludes halogenated alkanes) is 1. The zero-order valence-corrected chi connectivity index (χ0v) is 13.8. The minimum atomic E-state index is -0.120. The molecule has 0 heterocycles. The molecule has 0 saturated carbocycles. The minimum Gasteiger partial charge on any atom is -0.469 e. The molecular weight excluding hydrogens is 296 g/mol. The van der Waals surface area contributed by atoms with Crippen molar-refractivity contribution in [2.75, 3.05) is 7.11 Å². The lowest BCUT2D eigenvalue weighted by Crippen LogP contribution is -2.00. The first kappa shape index (κ1) is 14.9. The molecule has 0 fully saturated rings. The Kier molecular flexibility index (Phi) is 3.81. The first-order valence-corrected chi connectivity index (χ1v) is 8.50. The van der Waals surface area contributed by atoms with E-state index in [0.717, 1.165) is 19.3 Å². The van der Waals surface area contributed by atoms with Crippen LogP contribution in [0.4, 0.5) is 0 Å². The van der Waals surface area contributed by atoms with Crippen LogP contribution in [0.2, 0.25) is 0 Å². The largest absolute Gasteiger partial charge is 0.469 e. The minimum absolute atomic E-state index is 0.120. The number of benzene rings is 4. The van der Waals surface area contributed by atoms with E-state index in [1.54, 1.807) is 0 Å². The fourth-order valence-corrected chi connectivity index (χ4v) is 3.70. The van der Waals surface area contributed by atoms with Gasteiger partial charge in [-0.25, -0.2) is 0 Å². The van der Waals surface area contributed by atoms with Gasteiger partial charge in [0.15, 0.2) is 0 Å². The van der Waals surface area contributed by atoms with Crippen molar-refractivity contribution >= 4 is 38.3 Å². The number of methoxy groups -OCH3 is 1. The predicted octanol–water partition coefficient (Wildman–Crippen LogP) is 5.47. The Labute approximate surface area is 141 Å². The molecule has 0 N–H and O–H groups in total. The van der Waals surface area contributed by atoms with Crippen LogP contribution in [0.3, 0.4) is 0 Å². The van der Waals surface area contributed by atoms with Gasteiger partial charge in [-0.3, -0.25) is 4.79 Å². The summed E-state index contributed by atoms with van der Waals surface area (Å²) < 4.78 is 4.71. The average Bonchev–Trinajstić information content (AvgIpc) is 2.63. The molecule has 2 heteroatoms.